The van der Waals surface area contributed by atoms with Gasteiger partial charge in [0.15, 0.2) is 0 Å². The first-order chi connectivity index (χ1) is 8.88. The summed E-state index contributed by atoms with van der Waals surface area (Å²) in [6.45, 7) is 0.286. The van der Waals surface area contributed by atoms with E-state index in [-0.39, 0.29) is 6.61 Å². The van der Waals surface area contributed by atoms with Crippen molar-refractivity contribution in [2.75, 3.05) is 11.9 Å². The lowest BCUT2D eigenvalue weighted by molar-refractivity contribution is 0.178. The van der Waals surface area contributed by atoms with Crippen LogP contribution < -0.4 is 5.32 Å². The second kappa shape index (κ2) is 5.24. The Morgan fingerprint density at radius 1 is 1.28 bits per heavy atom. The van der Waals surface area contributed by atoms with Crippen LogP contribution in [0, 0.1) is 5.92 Å². The molecule has 2 aromatic rings. The molecule has 18 heavy (non-hydrogen) atoms. The van der Waals surface area contributed by atoms with Gasteiger partial charge in [-0.05, 0) is 36.5 Å². The van der Waals surface area contributed by atoms with Crippen molar-refractivity contribution < 1.29 is 5.11 Å². The van der Waals surface area contributed by atoms with Gasteiger partial charge in [-0.2, -0.15) is 4.37 Å². The largest absolute Gasteiger partial charge is 0.396 e. The first kappa shape index (κ1) is 11.9. The van der Waals surface area contributed by atoms with Gasteiger partial charge < -0.3 is 10.4 Å². The normalized spacial score (nSPS) is 24.3. The first-order valence-electron chi connectivity index (χ1n) is 6.60. The van der Waals surface area contributed by atoms with Gasteiger partial charge in [0.05, 0.1) is 5.52 Å². The molecule has 1 saturated carbocycles. The van der Waals surface area contributed by atoms with Gasteiger partial charge in [0, 0.05) is 24.0 Å². The molecule has 0 bridgehead atoms. The van der Waals surface area contributed by atoms with Crippen molar-refractivity contribution in [1.82, 2.24) is 4.37 Å². The van der Waals surface area contributed by atoms with Crippen LogP contribution in [-0.4, -0.2) is 22.1 Å². The summed E-state index contributed by atoms with van der Waals surface area (Å²) in [7, 11) is 0. The third kappa shape index (κ3) is 2.22. The SMILES string of the molecule is OCC1CCCCC1Nc1snc2ccccc12. The highest BCUT2D eigenvalue weighted by molar-refractivity contribution is 7.11. The number of hydrogen-bond acceptors (Lipinski definition) is 4. The van der Waals surface area contributed by atoms with Crippen LogP contribution in [0.4, 0.5) is 5.00 Å². The third-order valence-corrected chi connectivity index (χ3v) is 4.65. The highest BCUT2D eigenvalue weighted by Crippen LogP contribution is 2.32. The lowest BCUT2D eigenvalue weighted by Gasteiger charge is -2.31. The van der Waals surface area contributed by atoms with E-state index >= 15 is 0 Å². The molecule has 0 aliphatic heterocycles. The lowest BCUT2D eigenvalue weighted by atomic mass is 9.85. The zero-order valence-corrected chi connectivity index (χ0v) is 11.1. The van der Waals surface area contributed by atoms with Crippen molar-refractivity contribution in [2.45, 2.75) is 31.7 Å². The molecule has 1 heterocycles. The van der Waals surface area contributed by atoms with Crippen LogP contribution in [0.1, 0.15) is 25.7 Å². The fourth-order valence-corrected chi connectivity index (χ4v) is 3.60. The summed E-state index contributed by atoms with van der Waals surface area (Å²) in [6.07, 6.45) is 4.78. The van der Waals surface area contributed by atoms with E-state index in [0.717, 1.165) is 23.4 Å². The standard InChI is InChI=1S/C14H18N2OS/c17-9-10-5-1-3-7-12(10)15-14-11-6-2-4-8-13(11)16-18-14/h2,4,6,8,10,12,15,17H,1,3,5,7,9H2. The molecule has 4 heteroatoms. The minimum Gasteiger partial charge on any atom is -0.396 e. The number of hydrogen-bond donors (Lipinski definition) is 2. The first-order valence-corrected chi connectivity index (χ1v) is 7.37. The van der Waals surface area contributed by atoms with Gasteiger partial charge in [-0.15, -0.1) is 0 Å². The van der Waals surface area contributed by atoms with Crippen LogP contribution in [-0.2, 0) is 0 Å². The molecule has 1 aliphatic rings. The average Bonchev–Trinajstić information content (AvgIpc) is 2.83. The van der Waals surface area contributed by atoms with Crippen molar-refractivity contribution in [1.29, 1.82) is 0 Å². The van der Waals surface area contributed by atoms with E-state index in [4.69, 9.17) is 0 Å². The number of aromatic nitrogens is 1. The Morgan fingerprint density at radius 2 is 2.11 bits per heavy atom. The topological polar surface area (TPSA) is 45.1 Å². The van der Waals surface area contributed by atoms with Gasteiger partial charge >= 0.3 is 0 Å². The smallest absolute Gasteiger partial charge is 0.117 e. The Labute approximate surface area is 111 Å². The van der Waals surface area contributed by atoms with Gasteiger partial charge in [-0.25, -0.2) is 0 Å². The molecule has 3 rings (SSSR count). The molecule has 1 aromatic heterocycles. The second-order valence-electron chi connectivity index (χ2n) is 5.01. The number of fused-ring (bicyclic) bond motifs is 1. The molecule has 3 nitrogen and oxygen atoms in total. The number of rotatable bonds is 3. The van der Waals surface area contributed by atoms with Gasteiger partial charge in [-0.3, -0.25) is 0 Å². The van der Waals surface area contributed by atoms with Crippen LogP contribution in [0.2, 0.25) is 0 Å². The number of anilines is 1. The summed E-state index contributed by atoms with van der Waals surface area (Å²) in [5.41, 5.74) is 1.06. The van der Waals surface area contributed by atoms with E-state index in [9.17, 15) is 5.11 Å². The molecular weight excluding hydrogens is 244 g/mol. The summed E-state index contributed by atoms with van der Waals surface area (Å²) >= 11 is 1.53. The van der Waals surface area contributed by atoms with Crippen molar-refractivity contribution in [3.8, 4) is 0 Å². The minimum atomic E-state index is 0.286. The van der Waals surface area contributed by atoms with Crippen molar-refractivity contribution in [3.63, 3.8) is 0 Å². The predicted molar refractivity (Wildman–Crippen MR) is 76.1 cm³/mol. The van der Waals surface area contributed by atoms with Crippen LogP contribution in [0.3, 0.4) is 0 Å². The molecule has 2 unspecified atom stereocenters. The summed E-state index contributed by atoms with van der Waals surface area (Å²) in [5.74, 6) is 0.389. The van der Waals surface area contributed by atoms with Gasteiger partial charge in [0.25, 0.3) is 0 Å². The Bertz CT molecular complexity index is 525. The van der Waals surface area contributed by atoms with E-state index in [1.165, 1.54) is 29.8 Å². The predicted octanol–water partition coefficient (Wildman–Crippen LogP) is 3.26. The van der Waals surface area contributed by atoms with Gasteiger partial charge in [-0.1, -0.05) is 25.0 Å². The van der Waals surface area contributed by atoms with Crippen molar-refractivity contribution >= 4 is 27.4 Å². The zero-order chi connectivity index (χ0) is 12.4. The number of aliphatic hydroxyl groups excluding tert-OH is 1. The summed E-state index contributed by atoms with van der Waals surface area (Å²) in [4.78, 5) is 0. The fourth-order valence-electron chi connectivity index (χ4n) is 2.78. The second-order valence-corrected chi connectivity index (χ2v) is 5.78. The molecule has 1 fully saturated rings. The zero-order valence-electron chi connectivity index (χ0n) is 10.3. The van der Waals surface area contributed by atoms with E-state index in [0.29, 0.717) is 12.0 Å². The van der Waals surface area contributed by atoms with Crippen molar-refractivity contribution in [2.24, 2.45) is 5.92 Å². The minimum absolute atomic E-state index is 0.286. The van der Waals surface area contributed by atoms with Crippen molar-refractivity contribution in [3.05, 3.63) is 24.3 Å². The molecule has 0 radical (unpaired) electrons. The maximum absolute atomic E-state index is 9.45. The van der Waals surface area contributed by atoms with Crippen LogP contribution in [0.5, 0.6) is 0 Å². The lowest BCUT2D eigenvalue weighted by Crippen LogP contribution is -2.34. The molecule has 2 N–H and O–H groups in total. The molecule has 0 spiro atoms. The van der Waals surface area contributed by atoms with Gasteiger partial charge in [0.2, 0.25) is 0 Å². The maximum atomic E-state index is 9.45. The Hall–Kier alpha value is -1.13. The summed E-state index contributed by atoms with van der Waals surface area (Å²) < 4.78 is 4.45. The van der Waals surface area contributed by atoms with Gasteiger partial charge in [0.1, 0.15) is 5.00 Å². The van der Waals surface area contributed by atoms with E-state index in [2.05, 4.69) is 15.8 Å². The van der Waals surface area contributed by atoms with E-state index in [1.54, 1.807) is 0 Å². The molecule has 1 aliphatic carbocycles. The quantitative estimate of drug-likeness (QED) is 0.892. The Morgan fingerprint density at radius 3 is 3.00 bits per heavy atom. The maximum Gasteiger partial charge on any atom is 0.117 e. The average molecular weight is 262 g/mol. The molecule has 0 saturated heterocycles. The molecule has 2 atom stereocenters. The highest BCUT2D eigenvalue weighted by atomic mass is 32.1. The molecule has 96 valence electrons. The number of nitrogens with zero attached hydrogens (tertiary/aromatic N) is 1. The Balaban J connectivity index is 1.82. The molecule has 0 amide bonds. The van der Waals surface area contributed by atoms with Crippen LogP contribution >= 0.6 is 11.5 Å². The Kier molecular flexibility index (Phi) is 3.48. The fraction of sp³-hybridized carbons (Fsp3) is 0.500. The molecule has 1 aromatic carbocycles. The van der Waals surface area contributed by atoms with E-state index < -0.39 is 0 Å². The number of nitrogens with one attached hydrogen (secondary N) is 1. The summed E-state index contributed by atoms with van der Waals surface area (Å²) in [6, 6.07) is 8.61. The third-order valence-electron chi connectivity index (χ3n) is 3.84. The monoisotopic (exact) mass is 262 g/mol. The highest BCUT2D eigenvalue weighted by Gasteiger charge is 2.25. The van der Waals surface area contributed by atoms with Crippen LogP contribution in [0.25, 0.3) is 10.9 Å². The molecular formula is C14H18N2OS. The number of benzene rings is 1. The number of aliphatic hydroxyl groups is 1. The van der Waals surface area contributed by atoms with Crippen LogP contribution in [0.15, 0.2) is 24.3 Å². The summed E-state index contributed by atoms with van der Waals surface area (Å²) in [5, 5.41) is 15.4. The van der Waals surface area contributed by atoms with E-state index in [1.807, 2.05) is 18.2 Å².